The number of hydrogen-bond acceptors (Lipinski definition) is 4. The van der Waals surface area contributed by atoms with Crippen LogP contribution >= 0.6 is 0 Å². The molecule has 1 heterocycles. The van der Waals surface area contributed by atoms with Crippen LogP contribution in [0.15, 0.2) is 72.8 Å². The lowest BCUT2D eigenvalue weighted by Gasteiger charge is -2.45. The van der Waals surface area contributed by atoms with E-state index in [-0.39, 0.29) is 35.7 Å². The maximum atomic E-state index is 14.1. The van der Waals surface area contributed by atoms with Crippen LogP contribution < -0.4 is 4.90 Å². The zero-order chi connectivity index (χ0) is 27.7. The monoisotopic (exact) mass is 533 g/mol. The molecule has 1 saturated carbocycles. The van der Waals surface area contributed by atoms with Gasteiger partial charge in [-0.25, -0.2) is 9.69 Å². The molecular weight excluding hydrogens is 498 g/mol. The zero-order valence-electron chi connectivity index (χ0n) is 23.2. The zero-order valence-corrected chi connectivity index (χ0v) is 23.2. The fraction of sp³-hybridized carbons (Fsp3) is 0.400. The van der Waals surface area contributed by atoms with Gasteiger partial charge in [-0.2, -0.15) is 0 Å². The van der Waals surface area contributed by atoms with Gasteiger partial charge in [-0.15, -0.1) is 0 Å². The summed E-state index contributed by atoms with van der Waals surface area (Å²) in [6.45, 7) is 6.59. The van der Waals surface area contributed by atoms with Crippen molar-refractivity contribution >= 4 is 23.5 Å². The molecule has 0 radical (unpaired) electrons. The second-order valence-corrected chi connectivity index (χ2v) is 12.6. The van der Waals surface area contributed by atoms with Crippen LogP contribution in [0, 0.1) is 29.6 Å². The number of benzene rings is 3. The summed E-state index contributed by atoms with van der Waals surface area (Å²) < 4.78 is 6.09. The molecule has 1 saturated heterocycles. The molecular formula is C35H35NO4. The normalized spacial score (nSPS) is 30.2. The molecule has 3 aromatic carbocycles. The lowest BCUT2D eigenvalue weighted by molar-refractivity contribution is -0.122. The van der Waals surface area contributed by atoms with Gasteiger partial charge in [0.25, 0.3) is 0 Å². The average molecular weight is 534 g/mol. The Kier molecular flexibility index (Phi) is 5.95. The predicted molar refractivity (Wildman–Crippen MR) is 153 cm³/mol. The van der Waals surface area contributed by atoms with Gasteiger partial charge in [-0.1, -0.05) is 81.8 Å². The summed E-state index contributed by atoms with van der Waals surface area (Å²) in [5.41, 5.74) is 5.42. The quantitative estimate of drug-likeness (QED) is 0.277. The number of imide groups is 1. The fourth-order valence-corrected chi connectivity index (χ4v) is 8.16. The van der Waals surface area contributed by atoms with E-state index in [0.717, 1.165) is 41.5 Å². The Hall–Kier alpha value is -3.73. The average Bonchev–Trinajstić information content (AvgIpc) is 3.23. The van der Waals surface area contributed by atoms with Gasteiger partial charge in [-0.05, 0) is 71.0 Å². The summed E-state index contributed by atoms with van der Waals surface area (Å²) in [6.07, 6.45) is 2.96. The molecule has 5 nitrogen and oxygen atoms in total. The van der Waals surface area contributed by atoms with E-state index in [1.54, 1.807) is 24.3 Å². The molecule has 8 rings (SSSR count). The number of anilines is 1. The number of esters is 1. The molecule has 4 aliphatic carbocycles. The van der Waals surface area contributed by atoms with Crippen molar-refractivity contribution < 1.29 is 19.1 Å². The standard InChI is InChI=1S/C35H35NO4/c1-19(2)23-16-15-20(3)17-28(23)40-35(39)21-9-8-10-22(18-21)36-33(37)31-29-24-11-4-5-12-25(24)30(32(31)34(36)38)27-14-7-6-13-26(27)29/h4-14,18-20,23,28-32H,15-17H2,1-3H3/t20-,23-,28+,29?,30?,31-,32+/m0/s1. The first-order valence-corrected chi connectivity index (χ1v) is 14.7. The lowest BCUT2D eigenvalue weighted by atomic mass is 9.55. The number of amides is 2. The van der Waals surface area contributed by atoms with E-state index in [0.29, 0.717) is 29.0 Å². The van der Waals surface area contributed by atoms with Crippen molar-refractivity contribution in [2.75, 3.05) is 4.90 Å². The Labute approximate surface area is 235 Å². The van der Waals surface area contributed by atoms with Crippen LogP contribution in [0.3, 0.4) is 0 Å². The van der Waals surface area contributed by atoms with Gasteiger partial charge in [0.05, 0.1) is 23.1 Å². The summed E-state index contributed by atoms with van der Waals surface area (Å²) in [6, 6.07) is 23.4. The van der Waals surface area contributed by atoms with E-state index in [9.17, 15) is 14.4 Å². The minimum Gasteiger partial charge on any atom is -0.458 e. The highest BCUT2D eigenvalue weighted by molar-refractivity contribution is 6.23. The molecule has 0 unspecified atom stereocenters. The second kappa shape index (κ2) is 9.43. The fourth-order valence-electron chi connectivity index (χ4n) is 8.16. The highest BCUT2D eigenvalue weighted by Gasteiger charge is 2.61. The van der Waals surface area contributed by atoms with Crippen LogP contribution in [0.5, 0.6) is 0 Å². The van der Waals surface area contributed by atoms with Crippen molar-refractivity contribution in [3.63, 3.8) is 0 Å². The minimum absolute atomic E-state index is 0.120. The number of ether oxygens (including phenoxy) is 1. The molecule has 0 spiro atoms. The lowest BCUT2D eigenvalue weighted by Crippen LogP contribution is -2.41. The number of hydrogen-bond donors (Lipinski definition) is 0. The van der Waals surface area contributed by atoms with Crippen molar-refractivity contribution in [3.05, 3.63) is 101 Å². The van der Waals surface area contributed by atoms with Crippen molar-refractivity contribution in [1.29, 1.82) is 0 Å². The number of carbonyl (C=O) groups excluding carboxylic acids is 3. The summed E-state index contributed by atoms with van der Waals surface area (Å²) >= 11 is 0. The maximum Gasteiger partial charge on any atom is 0.338 e. The van der Waals surface area contributed by atoms with Gasteiger partial charge < -0.3 is 4.74 Å². The van der Waals surface area contributed by atoms with E-state index in [4.69, 9.17) is 4.74 Å². The van der Waals surface area contributed by atoms with Gasteiger partial charge in [0, 0.05) is 11.8 Å². The van der Waals surface area contributed by atoms with Crippen molar-refractivity contribution in [2.24, 2.45) is 29.6 Å². The third-order valence-electron chi connectivity index (χ3n) is 10.0. The summed E-state index contributed by atoms with van der Waals surface area (Å²) in [4.78, 5) is 42.9. The van der Waals surface area contributed by atoms with Crippen molar-refractivity contribution in [1.82, 2.24) is 0 Å². The molecule has 0 N–H and O–H groups in total. The third-order valence-corrected chi connectivity index (χ3v) is 10.0. The Morgan fingerprint density at radius 1 is 0.800 bits per heavy atom. The molecule has 40 heavy (non-hydrogen) atoms. The Balaban J connectivity index is 1.21. The minimum atomic E-state index is -0.451. The predicted octanol–water partition coefficient (Wildman–Crippen LogP) is 6.70. The highest BCUT2D eigenvalue weighted by Crippen LogP contribution is 2.61. The van der Waals surface area contributed by atoms with Gasteiger partial charge in [-0.3, -0.25) is 9.59 Å². The summed E-state index contributed by atoms with van der Waals surface area (Å²) in [7, 11) is 0. The molecule has 2 amide bonds. The molecule has 0 aromatic heterocycles. The largest absolute Gasteiger partial charge is 0.458 e. The van der Waals surface area contributed by atoms with Crippen LogP contribution in [0.4, 0.5) is 5.69 Å². The molecule has 2 fully saturated rings. The van der Waals surface area contributed by atoms with Gasteiger partial charge in [0.1, 0.15) is 6.10 Å². The molecule has 3 aromatic rings. The smallest absolute Gasteiger partial charge is 0.338 e. The van der Waals surface area contributed by atoms with Crippen molar-refractivity contribution in [2.45, 2.75) is 58.0 Å². The Bertz CT molecular complexity index is 1410. The van der Waals surface area contributed by atoms with Crippen LogP contribution in [-0.4, -0.2) is 23.9 Å². The second-order valence-electron chi connectivity index (χ2n) is 12.6. The van der Waals surface area contributed by atoms with E-state index in [1.165, 1.54) is 4.90 Å². The summed E-state index contributed by atoms with van der Waals surface area (Å²) in [5, 5.41) is 0. The first kappa shape index (κ1) is 25.3. The highest BCUT2D eigenvalue weighted by atomic mass is 16.5. The van der Waals surface area contributed by atoms with Gasteiger partial charge >= 0.3 is 5.97 Å². The Morgan fingerprint density at radius 2 is 1.35 bits per heavy atom. The third kappa shape index (κ3) is 3.70. The molecule has 5 aliphatic rings. The topological polar surface area (TPSA) is 63.7 Å². The van der Waals surface area contributed by atoms with Crippen molar-refractivity contribution in [3.8, 4) is 0 Å². The molecule has 5 heteroatoms. The van der Waals surface area contributed by atoms with E-state index < -0.39 is 11.8 Å². The molecule has 204 valence electrons. The maximum absolute atomic E-state index is 14.1. The van der Waals surface area contributed by atoms with E-state index in [1.807, 2.05) is 24.3 Å². The first-order chi connectivity index (χ1) is 19.3. The first-order valence-electron chi connectivity index (χ1n) is 14.7. The molecule has 2 bridgehead atoms. The van der Waals surface area contributed by atoms with E-state index >= 15 is 0 Å². The summed E-state index contributed by atoms with van der Waals surface area (Å²) in [5.74, 6) is -0.663. The van der Waals surface area contributed by atoms with Crippen LogP contribution in [-0.2, 0) is 14.3 Å². The van der Waals surface area contributed by atoms with Crippen LogP contribution in [0.1, 0.15) is 84.5 Å². The number of carbonyl (C=O) groups is 3. The molecule has 1 aliphatic heterocycles. The molecule has 5 atom stereocenters. The van der Waals surface area contributed by atoms with Crippen LogP contribution in [0.25, 0.3) is 0 Å². The number of nitrogens with zero attached hydrogens (tertiary/aromatic N) is 1. The Morgan fingerprint density at radius 3 is 1.88 bits per heavy atom. The number of rotatable bonds is 4. The van der Waals surface area contributed by atoms with Gasteiger partial charge in [0.2, 0.25) is 11.8 Å². The van der Waals surface area contributed by atoms with Crippen LogP contribution in [0.2, 0.25) is 0 Å². The van der Waals surface area contributed by atoms with Gasteiger partial charge in [0.15, 0.2) is 0 Å². The van der Waals surface area contributed by atoms with E-state index in [2.05, 4.69) is 45.0 Å². The SMILES string of the molecule is CC(C)[C@@H]1CC[C@H](C)C[C@H]1OC(=O)c1cccc(N2C(=O)[C@@H]3C4c5ccccc5C(c5ccccc54)[C@@H]3C2=O)c1.